The van der Waals surface area contributed by atoms with Crippen molar-refractivity contribution in [2.24, 2.45) is 11.5 Å². The fraction of sp³-hybridized carbons (Fsp3) is 0.364. The molecule has 0 heterocycles. The molecular weight excluding hydrogens is 192 g/mol. The highest BCUT2D eigenvalue weighted by atomic mass is 16.5. The third-order valence-electron chi connectivity index (χ3n) is 1.86. The second-order valence-corrected chi connectivity index (χ2v) is 3.58. The zero-order valence-electron chi connectivity index (χ0n) is 8.77. The van der Waals surface area contributed by atoms with Gasteiger partial charge in [0.25, 0.3) is 5.91 Å². The second-order valence-electron chi connectivity index (χ2n) is 3.58. The average molecular weight is 208 g/mol. The van der Waals surface area contributed by atoms with Crippen molar-refractivity contribution < 1.29 is 9.53 Å². The van der Waals surface area contributed by atoms with Crippen molar-refractivity contribution >= 4 is 5.91 Å². The number of carbonyl (C=O) groups excluding carboxylic acids is 1. The van der Waals surface area contributed by atoms with Gasteiger partial charge in [-0.05, 0) is 31.0 Å². The third kappa shape index (κ3) is 4.46. The number of rotatable bonds is 5. The normalized spacial score (nSPS) is 12.1. The quantitative estimate of drug-likeness (QED) is 0.737. The molecule has 15 heavy (non-hydrogen) atoms. The summed E-state index contributed by atoms with van der Waals surface area (Å²) in [5, 5.41) is 0. The first kappa shape index (κ1) is 11.5. The van der Waals surface area contributed by atoms with Crippen LogP contribution in [0.15, 0.2) is 24.3 Å². The topological polar surface area (TPSA) is 78.3 Å². The molecule has 1 amide bonds. The number of amides is 1. The first-order valence-electron chi connectivity index (χ1n) is 4.83. The molecule has 0 aliphatic heterocycles. The van der Waals surface area contributed by atoms with E-state index in [0.717, 1.165) is 12.0 Å². The lowest BCUT2D eigenvalue weighted by atomic mass is 10.1. The molecule has 0 radical (unpaired) electrons. The van der Waals surface area contributed by atoms with Crippen molar-refractivity contribution in [2.45, 2.75) is 19.4 Å². The van der Waals surface area contributed by atoms with Crippen LogP contribution in [0.3, 0.4) is 0 Å². The van der Waals surface area contributed by atoms with Gasteiger partial charge in [-0.3, -0.25) is 4.79 Å². The Morgan fingerprint density at radius 3 is 2.47 bits per heavy atom. The largest absolute Gasteiger partial charge is 0.484 e. The van der Waals surface area contributed by atoms with Crippen molar-refractivity contribution in [3.8, 4) is 5.75 Å². The van der Waals surface area contributed by atoms with Gasteiger partial charge < -0.3 is 16.2 Å². The SMILES string of the molecule is C[C@@H](N)Cc1ccc(OCC(N)=O)cc1. The lowest BCUT2D eigenvalue weighted by Crippen LogP contribution is -2.20. The van der Waals surface area contributed by atoms with Crippen molar-refractivity contribution in [2.75, 3.05) is 6.61 Å². The van der Waals surface area contributed by atoms with Crippen molar-refractivity contribution in [3.63, 3.8) is 0 Å². The molecule has 1 rings (SSSR count). The van der Waals surface area contributed by atoms with E-state index in [1.807, 2.05) is 19.1 Å². The van der Waals surface area contributed by atoms with E-state index in [-0.39, 0.29) is 12.6 Å². The van der Waals surface area contributed by atoms with E-state index in [0.29, 0.717) is 5.75 Å². The molecule has 0 spiro atoms. The zero-order valence-corrected chi connectivity index (χ0v) is 8.77. The number of carbonyl (C=O) groups is 1. The van der Waals surface area contributed by atoms with E-state index in [4.69, 9.17) is 16.2 Å². The maximum Gasteiger partial charge on any atom is 0.255 e. The van der Waals surface area contributed by atoms with Gasteiger partial charge in [0.1, 0.15) is 5.75 Å². The van der Waals surface area contributed by atoms with Crippen molar-refractivity contribution in [1.82, 2.24) is 0 Å². The molecule has 1 aromatic rings. The lowest BCUT2D eigenvalue weighted by molar-refractivity contribution is -0.119. The molecule has 4 N–H and O–H groups in total. The monoisotopic (exact) mass is 208 g/mol. The smallest absolute Gasteiger partial charge is 0.255 e. The predicted molar refractivity (Wildman–Crippen MR) is 58.5 cm³/mol. The van der Waals surface area contributed by atoms with Crippen LogP contribution in [0.4, 0.5) is 0 Å². The number of nitrogens with two attached hydrogens (primary N) is 2. The molecule has 1 atom stereocenters. The van der Waals surface area contributed by atoms with E-state index in [1.54, 1.807) is 12.1 Å². The second kappa shape index (κ2) is 5.36. The van der Waals surface area contributed by atoms with E-state index >= 15 is 0 Å². The average Bonchev–Trinajstić information content (AvgIpc) is 2.16. The standard InChI is InChI=1S/C11H16N2O2/c1-8(12)6-9-2-4-10(5-3-9)15-7-11(13)14/h2-5,8H,6-7,12H2,1H3,(H2,13,14)/t8-/m1/s1. The molecule has 0 bridgehead atoms. The highest BCUT2D eigenvalue weighted by Gasteiger charge is 2.00. The van der Waals surface area contributed by atoms with Gasteiger partial charge in [-0.15, -0.1) is 0 Å². The molecule has 0 saturated carbocycles. The fourth-order valence-corrected chi connectivity index (χ4v) is 1.25. The minimum absolute atomic E-state index is 0.0906. The van der Waals surface area contributed by atoms with Crippen LogP contribution < -0.4 is 16.2 Å². The summed E-state index contributed by atoms with van der Waals surface area (Å²) in [4.78, 5) is 10.5. The van der Waals surface area contributed by atoms with E-state index in [9.17, 15) is 4.79 Å². The highest BCUT2D eigenvalue weighted by Crippen LogP contribution is 2.12. The van der Waals surface area contributed by atoms with Crippen LogP contribution in [0.1, 0.15) is 12.5 Å². The van der Waals surface area contributed by atoms with Gasteiger partial charge >= 0.3 is 0 Å². The van der Waals surface area contributed by atoms with Gasteiger partial charge in [0.05, 0.1) is 0 Å². The van der Waals surface area contributed by atoms with Crippen LogP contribution in [0.25, 0.3) is 0 Å². The minimum atomic E-state index is -0.477. The molecule has 82 valence electrons. The number of benzene rings is 1. The van der Waals surface area contributed by atoms with E-state index in [1.165, 1.54) is 0 Å². The number of hydrogen-bond acceptors (Lipinski definition) is 3. The van der Waals surface area contributed by atoms with Gasteiger partial charge in [0.15, 0.2) is 6.61 Å². The van der Waals surface area contributed by atoms with Crippen LogP contribution >= 0.6 is 0 Å². The first-order chi connectivity index (χ1) is 7.08. The number of ether oxygens (including phenoxy) is 1. The summed E-state index contributed by atoms with van der Waals surface area (Å²) in [6.07, 6.45) is 0.829. The molecule has 0 fully saturated rings. The van der Waals surface area contributed by atoms with Gasteiger partial charge in [-0.2, -0.15) is 0 Å². The lowest BCUT2D eigenvalue weighted by Gasteiger charge is -2.07. The Labute approximate surface area is 89.2 Å². The number of hydrogen-bond donors (Lipinski definition) is 2. The summed E-state index contributed by atoms with van der Waals surface area (Å²) in [5.41, 5.74) is 11.8. The third-order valence-corrected chi connectivity index (χ3v) is 1.86. The van der Waals surface area contributed by atoms with Gasteiger partial charge in [-0.1, -0.05) is 12.1 Å². The Balaban J connectivity index is 2.52. The van der Waals surface area contributed by atoms with Crippen molar-refractivity contribution in [1.29, 1.82) is 0 Å². The van der Waals surface area contributed by atoms with Crippen LogP contribution in [0.2, 0.25) is 0 Å². The number of primary amides is 1. The Morgan fingerprint density at radius 1 is 1.40 bits per heavy atom. The van der Waals surface area contributed by atoms with Crippen LogP contribution in [-0.2, 0) is 11.2 Å². The summed E-state index contributed by atoms with van der Waals surface area (Å²) in [5.74, 6) is 0.164. The van der Waals surface area contributed by atoms with Crippen molar-refractivity contribution in [3.05, 3.63) is 29.8 Å². The summed E-state index contributed by atoms with van der Waals surface area (Å²) in [6.45, 7) is 1.87. The molecule has 0 aromatic heterocycles. The zero-order chi connectivity index (χ0) is 11.3. The molecule has 0 aliphatic rings. The predicted octanol–water partition coefficient (Wildman–Crippen LogP) is 0.440. The summed E-state index contributed by atoms with van der Waals surface area (Å²) in [7, 11) is 0. The summed E-state index contributed by atoms with van der Waals surface area (Å²) < 4.78 is 5.12. The molecular formula is C11H16N2O2. The Bertz CT molecular complexity index is 320. The van der Waals surface area contributed by atoms with Crippen LogP contribution in [0, 0.1) is 0 Å². The van der Waals surface area contributed by atoms with E-state index in [2.05, 4.69) is 0 Å². The highest BCUT2D eigenvalue weighted by molar-refractivity contribution is 5.75. The molecule has 0 unspecified atom stereocenters. The first-order valence-corrected chi connectivity index (χ1v) is 4.83. The summed E-state index contributed by atoms with van der Waals surface area (Å²) >= 11 is 0. The maximum atomic E-state index is 10.5. The Hall–Kier alpha value is -1.55. The molecule has 0 aliphatic carbocycles. The van der Waals surface area contributed by atoms with Gasteiger partial charge in [0, 0.05) is 6.04 Å². The molecule has 4 nitrogen and oxygen atoms in total. The fourth-order valence-electron chi connectivity index (χ4n) is 1.25. The molecule has 0 saturated heterocycles. The van der Waals surface area contributed by atoms with Gasteiger partial charge in [0.2, 0.25) is 0 Å². The minimum Gasteiger partial charge on any atom is -0.484 e. The van der Waals surface area contributed by atoms with Crippen LogP contribution in [-0.4, -0.2) is 18.6 Å². The Kier molecular flexibility index (Phi) is 4.12. The maximum absolute atomic E-state index is 10.5. The van der Waals surface area contributed by atoms with Crippen LogP contribution in [0.5, 0.6) is 5.75 Å². The van der Waals surface area contributed by atoms with E-state index < -0.39 is 5.91 Å². The summed E-state index contributed by atoms with van der Waals surface area (Å²) in [6, 6.07) is 7.61. The Morgan fingerprint density at radius 2 is 2.00 bits per heavy atom. The molecule has 1 aromatic carbocycles. The molecule has 4 heteroatoms. The van der Waals surface area contributed by atoms with Gasteiger partial charge in [-0.25, -0.2) is 0 Å².